The van der Waals surface area contributed by atoms with Crippen molar-refractivity contribution in [2.24, 2.45) is 0 Å². The van der Waals surface area contributed by atoms with E-state index in [-0.39, 0.29) is 10.6 Å². The molecule has 17 heavy (non-hydrogen) atoms. The predicted octanol–water partition coefficient (Wildman–Crippen LogP) is -0.195. The lowest BCUT2D eigenvalue weighted by atomic mass is 10.3. The summed E-state index contributed by atoms with van der Waals surface area (Å²) in [6, 6.07) is 4.33. The predicted molar refractivity (Wildman–Crippen MR) is 62.0 cm³/mol. The Bertz CT molecular complexity index is 513. The molecule has 0 aliphatic carbocycles. The highest BCUT2D eigenvalue weighted by molar-refractivity contribution is 7.89. The second-order valence-electron chi connectivity index (χ2n) is 3.45. The molecule has 0 radical (unpaired) electrons. The van der Waals surface area contributed by atoms with Gasteiger partial charge in [0.25, 0.3) is 0 Å². The lowest BCUT2D eigenvalue weighted by molar-refractivity contribution is -0.121. The summed E-state index contributed by atoms with van der Waals surface area (Å²) in [7, 11) is -2.39. The van der Waals surface area contributed by atoms with Gasteiger partial charge in [0.15, 0.2) is 0 Å². The van der Waals surface area contributed by atoms with Gasteiger partial charge in [-0.15, -0.1) is 0 Å². The van der Waals surface area contributed by atoms with E-state index in [4.69, 9.17) is 0 Å². The Labute approximate surface area is 99.7 Å². The third kappa shape index (κ3) is 3.43. The van der Waals surface area contributed by atoms with Crippen molar-refractivity contribution >= 4 is 15.9 Å². The van der Waals surface area contributed by atoms with Gasteiger partial charge < -0.3 is 10.4 Å². The van der Waals surface area contributed by atoms with Crippen LogP contribution in [-0.4, -0.2) is 32.5 Å². The molecule has 0 aliphatic rings. The number of likely N-dealkylation sites (N-methyl/N-ethyl adjacent to an activating group) is 1. The number of carbonyl (C=O) groups excluding carboxylic acids is 1. The summed E-state index contributed by atoms with van der Waals surface area (Å²) in [6.45, 7) is 1.43. The lowest BCUT2D eigenvalue weighted by Gasteiger charge is -2.12. The third-order valence-corrected chi connectivity index (χ3v) is 3.64. The monoisotopic (exact) mass is 258 g/mol. The second-order valence-corrected chi connectivity index (χ2v) is 5.17. The molecule has 1 unspecified atom stereocenters. The van der Waals surface area contributed by atoms with Crippen molar-refractivity contribution in [2.45, 2.75) is 17.9 Å². The Morgan fingerprint density at radius 3 is 2.59 bits per heavy atom. The average molecular weight is 258 g/mol. The highest BCUT2D eigenvalue weighted by Crippen LogP contribution is 2.15. The van der Waals surface area contributed by atoms with Crippen LogP contribution in [0.3, 0.4) is 0 Å². The van der Waals surface area contributed by atoms with Crippen molar-refractivity contribution in [1.82, 2.24) is 10.0 Å². The van der Waals surface area contributed by atoms with Gasteiger partial charge in [-0.25, -0.2) is 8.42 Å². The summed E-state index contributed by atoms with van der Waals surface area (Å²) in [4.78, 5) is 11.1. The minimum atomic E-state index is -3.81. The molecular weight excluding hydrogens is 244 g/mol. The first-order chi connectivity index (χ1) is 7.86. The number of phenols is 1. The molecule has 1 aromatic carbocycles. The zero-order valence-corrected chi connectivity index (χ0v) is 10.3. The molecule has 0 fully saturated rings. The number of rotatable bonds is 4. The van der Waals surface area contributed by atoms with E-state index in [1.54, 1.807) is 0 Å². The van der Waals surface area contributed by atoms with Crippen LogP contribution in [0.25, 0.3) is 0 Å². The van der Waals surface area contributed by atoms with Crippen molar-refractivity contribution in [1.29, 1.82) is 0 Å². The van der Waals surface area contributed by atoms with Crippen molar-refractivity contribution in [2.75, 3.05) is 7.05 Å². The topological polar surface area (TPSA) is 95.5 Å². The van der Waals surface area contributed by atoms with Gasteiger partial charge in [-0.05, 0) is 25.1 Å². The van der Waals surface area contributed by atoms with Gasteiger partial charge in [0.2, 0.25) is 15.9 Å². The second kappa shape index (κ2) is 5.15. The van der Waals surface area contributed by atoms with Crippen LogP contribution in [0.1, 0.15) is 6.92 Å². The number of benzene rings is 1. The van der Waals surface area contributed by atoms with E-state index in [2.05, 4.69) is 10.0 Å². The zero-order chi connectivity index (χ0) is 13.1. The molecule has 0 bridgehead atoms. The zero-order valence-electron chi connectivity index (χ0n) is 9.47. The Morgan fingerprint density at radius 1 is 1.41 bits per heavy atom. The van der Waals surface area contributed by atoms with Crippen molar-refractivity contribution in [3.05, 3.63) is 24.3 Å². The Balaban J connectivity index is 2.93. The maximum absolute atomic E-state index is 11.8. The SMILES string of the molecule is CNC(=O)C(C)NS(=O)(=O)c1cccc(O)c1. The highest BCUT2D eigenvalue weighted by Gasteiger charge is 2.21. The van der Waals surface area contributed by atoms with E-state index in [9.17, 15) is 18.3 Å². The number of nitrogens with one attached hydrogen (secondary N) is 2. The standard InChI is InChI=1S/C10H14N2O4S/c1-7(10(14)11-2)12-17(15,16)9-5-3-4-8(13)6-9/h3-7,12-13H,1-2H3,(H,11,14). The first-order valence-electron chi connectivity index (χ1n) is 4.90. The molecule has 94 valence electrons. The summed E-state index contributed by atoms with van der Waals surface area (Å²) in [5, 5.41) is 11.5. The normalized spacial score (nSPS) is 13.1. The number of carbonyl (C=O) groups is 1. The highest BCUT2D eigenvalue weighted by atomic mass is 32.2. The molecule has 1 rings (SSSR count). The molecule has 1 amide bonds. The van der Waals surface area contributed by atoms with Gasteiger partial charge in [0.1, 0.15) is 5.75 Å². The molecule has 7 heteroatoms. The van der Waals surface area contributed by atoms with E-state index in [1.165, 1.54) is 32.2 Å². The van der Waals surface area contributed by atoms with E-state index < -0.39 is 22.0 Å². The average Bonchev–Trinajstić information content (AvgIpc) is 2.27. The molecule has 0 saturated heterocycles. The Hall–Kier alpha value is -1.60. The van der Waals surface area contributed by atoms with Crippen molar-refractivity contribution in [3.8, 4) is 5.75 Å². The number of hydrogen-bond donors (Lipinski definition) is 3. The van der Waals surface area contributed by atoms with Crippen LogP contribution >= 0.6 is 0 Å². The van der Waals surface area contributed by atoms with Crippen LogP contribution in [0.4, 0.5) is 0 Å². The maximum Gasteiger partial charge on any atom is 0.241 e. The molecule has 3 N–H and O–H groups in total. The molecular formula is C10H14N2O4S. The van der Waals surface area contributed by atoms with E-state index in [0.717, 1.165) is 6.07 Å². The molecule has 1 atom stereocenters. The molecule has 0 heterocycles. The Kier molecular flexibility index (Phi) is 4.08. The van der Waals surface area contributed by atoms with E-state index in [0.29, 0.717) is 0 Å². The van der Waals surface area contributed by atoms with Gasteiger partial charge in [-0.1, -0.05) is 6.07 Å². The number of phenolic OH excluding ortho intramolecular Hbond substituents is 1. The van der Waals surface area contributed by atoms with Crippen LogP contribution in [0.15, 0.2) is 29.2 Å². The number of amides is 1. The van der Waals surface area contributed by atoms with Gasteiger partial charge in [0, 0.05) is 7.05 Å². The smallest absolute Gasteiger partial charge is 0.241 e. The largest absolute Gasteiger partial charge is 0.508 e. The maximum atomic E-state index is 11.8. The summed E-state index contributed by atoms with van der Waals surface area (Å²) >= 11 is 0. The van der Waals surface area contributed by atoms with Crippen LogP contribution in [0, 0.1) is 0 Å². The van der Waals surface area contributed by atoms with Crippen LogP contribution in [0.5, 0.6) is 5.75 Å². The first-order valence-corrected chi connectivity index (χ1v) is 6.38. The number of aromatic hydroxyl groups is 1. The van der Waals surface area contributed by atoms with Gasteiger partial charge in [-0.3, -0.25) is 4.79 Å². The lowest BCUT2D eigenvalue weighted by Crippen LogP contribution is -2.43. The molecule has 0 saturated carbocycles. The van der Waals surface area contributed by atoms with Crippen molar-refractivity contribution in [3.63, 3.8) is 0 Å². The van der Waals surface area contributed by atoms with Crippen LogP contribution in [-0.2, 0) is 14.8 Å². The minimum Gasteiger partial charge on any atom is -0.508 e. The quantitative estimate of drug-likeness (QED) is 0.697. The molecule has 0 spiro atoms. The molecule has 1 aromatic rings. The number of sulfonamides is 1. The molecule has 6 nitrogen and oxygen atoms in total. The van der Waals surface area contributed by atoms with Crippen LogP contribution < -0.4 is 10.0 Å². The first kappa shape index (κ1) is 13.5. The summed E-state index contributed by atoms with van der Waals surface area (Å²) in [5.74, 6) is -0.589. The molecule has 0 aliphatic heterocycles. The minimum absolute atomic E-state index is 0.0896. The Morgan fingerprint density at radius 2 is 2.06 bits per heavy atom. The van der Waals surface area contributed by atoms with Gasteiger partial charge in [-0.2, -0.15) is 4.72 Å². The van der Waals surface area contributed by atoms with E-state index in [1.807, 2.05) is 0 Å². The van der Waals surface area contributed by atoms with Crippen molar-refractivity contribution < 1.29 is 18.3 Å². The fourth-order valence-electron chi connectivity index (χ4n) is 1.22. The van der Waals surface area contributed by atoms with Gasteiger partial charge >= 0.3 is 0 Å². The fourth-order valence-corrected chi connectivity index (χ4v) is 2.46. The molecule has 0 aromatic heterocycles. The third-order valence-electron chi connectivity index (χ3n) is 2.10. The fraction of sp³-hybridized carbons (Fsp3) is 0.300. The van der Waals surface area contributed by atoms with Gasteiger partial charge in [0.05, 0.1) is 10.9 Å². The van der Waals surface area contributed by atoms with Crippen LogP contribution in [0.2, 0.25) is 0 Å². The van der Waals surface area contributed by atoms with E-state index >= 15 is 0 Å². The summed E-state index contributed by atoms with van der Waals surface area (Å²) in [5.41, 5.74) is 0. The summed E-state index contributed by atoms with van der Waals surface area (Å²) < 4.78 is 25.8. The number of hydrogen-bond acceptors (Lipinski definition) is 4. The summed E-state index contributed by atoms with van der Waals surface area (Å²) in [6.07, 6.45) is 0.